The lowest BCUT2D eigenvalue weighted by atomic mass is 10.2. The van der Waals surface area contributed by atoms with E-state index >= 15 is 0 Å². The molecule has 1 aliphatic heterocycles. The van der Waals surface area contributed by atoms with Crippen LogP contribution in [0.15, 0.2) is 35.1 Å². The molecule has 0 saturated carbocycles. The third-order valence-corrected chi connectivity index (χ3v) is 4.34. The molecule has 0 aromatic carbocycles. The average Bonchev–Trinajstić information content (AvgIpc) is 3.18. The van der Waals surface area contributed by atoms with Crippen molar-refractivity contribution in [2.45, 2.75) is 19.3 Å². The number of fused-ring (bicyclic) bond motifs is 2. The number of nitrogens with zero attached hydrogens (tertiary/aromatic N) is 4. The number of carbonyl (C=O) groups excluding carboxylic acids is 2. The topological polar surface area (TPSA) is 91.6 Å². The molecule has 3 heterocycles. The van der Waals surface area contributed by atoms with Crippen molar-refractivity contribution in [3.05, 3.63) is 41.9 Å². The first-order chi connectivity index (χ1) is 12.6. The van der Waals surface area contributed by atoms with Gasteiger partial charge in [-0.15, -0.1) is 0 Å². The molecule has 0 atom stereocenters. The van der Waals surface area contributed by atoms with Gasteiger partial charge in [-0.05, 0) is 31.4 Å². The van der Waals surface area contributed by atoms with Crippen LogP contribution < -0.4 is 5.32 Å². The van der Waals surface area contributed by atoms with Crippen LogP contribution in [0.2, 0.25) is 0 Å². The highest BCUT2D eigenvalue weighted by Gasteiger charge is 2.22. The largest absolute Gasteiger partial charge is 0.370 e. The van der Waals surface area contributed by atoms with Gasteiger partial charge in [0.05, 0.1) is 0 Å². The minimum atomic E-state index is -0.295. The van der Waals surface area contributed by atoms with Gasteiger partial charge in [0.1, 0.15) is 18.6 Å². The molecule has 1 N–H and O–H groups in total. The van der Waals surface area contributed by atoms with Gasteiger partial charge in [-0.25, -0.2) is 4.98 Å². The number of nitrogens with one attached hydrogen (secondary N) is 1. The molecule has 8 nitrogen and oxygen atoms in total. The summed E-state index contributed by atoms with van der Waals surface area (Å²) in [4.78, 5) is 32.9. The quantitative estimate of drug-likeness (QED) is 0.830. The van der Waals surface area contributed by atoms with E-state index in [1.165, 1.54) is 17.2 Å². The van der Waals surface area contributed by atoms with Gasteiger partial charge in [0.2, 0.25) is 5.91 Å². The van der Waals surface area contributed by atoms with E-state index in [2.05, 4.69) is 15.5 Å². The first-order valence-corrected chi connectivity index (χ1v) is 8.77. The first-order valence-electron chi connectivity index (χ1n) is 8.77. The second-order valence-corrected chi connectivity index (χ2v) is 6.32. The maximum Gasteiger partial charge on any atom is 0.276 e. The molecule has 3 rings (SSSR count). The molecule has 2 aromatic heterocycles. The first kappa shape index (κ1) is 17.9. The lowest BCUT2D eigenvalue weighted by molar-refractivity contribution is -0.130. The predicted molar refractivity (Wildman–Crippen MR) is 95.7 cm³/mol. The smallest absolute Gasteiger partial charge is 0.276 e. The van der Waals surface area contributed by atoms with Crippen molar-refractivity contribution in [3.63, 3.8) is 0 Å². The van der Waals surface area contributed by atoms with Crippen LogP contribution in [0.25, 0.3) is 0 Å². The number of hydrogen-bond donors (Lipinski definition) is 1. The van der Waals surface area contributed by atoms with E-state index in [0.29, 0.717) is 19.5 Å². The van der Waals surface area contributed by atoms with E-state index in [0.717, 1.165) is 30.9 Å². The van der Waals surface area contributed by atoms with E-state index < -0.39 is 0 Å². The zero-order valence-electron chi connectivity index (χ0n) is 14.9. The van der Waals surface area contributed by atoms with E-state index in [1.807, 2.05) is 18.2 Å². The zero-order chi connectivity index (χ0) is 18.4. The Bertz CT molecular complexity index is 747. The highest BCUT2D eigenvalue weighted by Crippen LogP contribution is 2.10. The summed E-state index contributed by atoms with van der Waals surface area (Å²) in [6.45, 7) is 1.82. The molecule has 2 amide bonds. The van der Waals surface area contributed by atoms with E-state index in [-0.39, 0.29) is 24.1 Å². The molecule has 0 spiro atoms. The third-order valence-electron chi connectivity index (χ3n) is 4.34. The maximum absolute atomic E-state index is 12.6. The van der Waals surface area contributed by atoms with Crippen molar-refractivity contribution in [1.82, 2.24) is 19.9 Å². The van der Waals surface area contributed by atoms with Crippen LogP contribution in [-0.2, 0) is 11.2 Å². The van der Waals surface area contributed by atoms with Crippen molar-refractivity contribution in [3.8, 4) is 0 Å². The standard InChI is InChI=1S/C18H23N5O3/c1-22-10-4-9-19-16-7-2-5-14(20-16)6-3-11-23(13-17(22)24)18(25)15-8-12-26-21-15/h2,5,7-8,12H,3-4,6,9-11,13H2,1H3,(H,19,20). The molecule has 0 fully saturated rings. The Morgan fingerprint density at radius 1 is 1.23 bits per heavy atom. The molecular formula is C18H23N5O3. The van der Waals surface area contributed by atoms with E-state index in [1.54, 1.807) is 11.9 Å². The number of rotatable bonds is 1. The molecular weight excluding hydrogens is 334 g/mol. The highest BCUT2D eigenvalue weighted by atomic mass is 16.5. The molecule has 0 unspecified atom stereocenters. The average molecular weight is 357 g/mol. The summed E-state index contributed by atoms with van der Waals surface area (Å²) >= 11 is 0. The zero-order valence-corrected chi connectivity index (χ0v) is 14.9. The van der Waals surface area contributed by atoms with Crippen LogP contribution >= 0.6 is 0 Å². The van der Waals surface area contributed by atoms with Crippen LogP contribution in [0, 0.1) is 0 Å². The number of hydrogen-bond acceptors (Lipinski definition) is 6. The van der Waals surface area contributed by atoms with Crippen LogP contribution in [0.1, 0.15) is 29.0 Å². The van der Waals surface area contributed by atoms with Crippen LogP contribution in [0.5, 0.6) is 0 Å². The summed E-state index contributed by atoms with van der Waals surface area (Å²) in [7, 11) is 1.76. The van der Waals surface area contributed by atoms with Gasteiger partial charge in [0.25, 0.3) is 5.91 Å². The molecule has 2 bridgehead atoms. The number of anilines is 1. The Hall–Kier alpha value is -2.90. The van der Waals surface area contributed by atoms with Gasteiger partial charge in [0, 0.05) is 38.4 Å². The van der Waals surface area contributed by atoms with E-state index in [9.17, 15) is 9.59 Å². The number of aromatic nitrogens is 2. The van der Waals surface area contributed by atoms with Gasteiger partial charge in [0.15, 0.2) is 5.69 Å². The minimum Gasteiger partial charge on any atom is -0.370 e. The molecule has 138 valence electrons. The molecule has 1 aliphatic rings. The fourth-order valence-electron chi connectivity index (χ4n) is 2.85. The second-order valence-electron chi connectivity index (χ2n) is 6.32. The van der Waals surface area contributed by atoms with Crippen molar-refractivity contribution in [2.75, 3.05) is 38.5 Å². The SMILES string of the molecule is CN1CCCNc2cccc(n2)CCCN(C(=O)c2ccon2)CC1=O. The van der Waals surface area contributed by atoms with E-state index in [4.69, 9.17) is 4.52 Å². The van der Waals surface area contributed by atoms with Gasteiger partial charge >= 0.3 is 0 Å². The van der Waals surface area contributed by atoms with Gasteiger partial charge in [-0.3, -0.25) is 9.59 Å². The number of amides is 2. The maximum atomic E-state index is 12.6. The number of likely N-dealkylation sites (N-methyl/N-ethyl adjacent to an activating group) is 1. The summed E-state index contributed by atoms with van der Waals surface area (Å²) in [6.07, 6.45) is 3.58. The van der Waals surface area contributed by atoms with Crippen molar-refractivity contribution < 1.29 is 14.1 Å². The number of aryl methyl sites for hydroxylation is 1. The Balaban J connectivity index is 1.76. The van der Waals surface area contributed by atoms with Crippen molar-refractivity contribution in [1.29, 1.82) is 0 Å². The molecule has 2 aromatic rings. The fraction of sp³-hybridized carbons (Fsp3) is 0.444. The Kier molecular flexibility index (Phi) is 5.83. The summed E-state index contributed by atoms with van der Waals surface area (Å²) in [5.74, 6) is 0.454. The minimum absolute atomic E-state index is 0.0308. The van der Waals surface area contributed by atoms with Crippen LogP contribution in [-0.4, -0.2) is 65.0 Å². The second kappa shape index (κ2) is 8.46. The number of carbonyl (C=O) groups is 2. The van der Waals surface area contributed by atoms with Gasteiger partial charge in [-0.2, -0.15) is 0 Å². The Morgan fingerprint density at radius 2 is 2.12 bits per heavy atom. The normalized spacial score (nSPS) is 16.7. The monoisotopic (exact) mass is 357 g/mol. The van der Waals surface area contributed by atoms with Gasteiger partial charge < -0.3 is 19.6 Å². The summed E-state index contributed by atoms with van der Waals surface area (Å²) in [5.41, 5.74) is 1.18. The lowest BCUT2D eigenvalue weighted by Crippen LogP contribution is -2.42. The van der Waals surface area contributed by atoms with Crippen molar-refractivity contribution >= 4 is 17.6 Å². The molecule has 8 heteroatoms. The van der Waals surface area contributed by atoms with Crippen LogP contribution in [0.3, 0.4) is 0 Å². The van der Waals surface area contributed by atoms with Crippen LogP contribution in [0.4, 0.5) is 5.82 Å². The summed E-state index contributed by atoms with van der Waals surface area (Å²) in [5, 5.41) is 6.99. The number of pyridine rings is 1. The van der Waals surface area contributed by atoms with Gasteiger partial charge in [-0.1, -0.05) is 11.2 Å². The van der Waals surface area contributed by atoms with Crippen molar-refractivity contribution in [2.24, 2.45) is 0 Å². The molecule has 0 radical (unpaired) electrons. The predicted octanol–water partition coefficient (Wildman–Crippen LogP) is 1.42. The Labute approximate surface area is 152 Å². The molecule has 0 saturated heterocycles. The highest BCUT2D eigenvalue weighted by molar-refractivity contribution is 5.94. The summed E-state index contributed by atoms with van der Waals surface area (Å²) < 4.78 is 4.76. The molecule has 0 aliphatic carbocycles. The Morgan fingerprint density at radius 3 is 2.92 bits per heavy atom. The molecule has 26 heavy (non-hydrogen) atoms. The fourth-order valence-corrected chi connectivity index (χ4v) is 2.85. The third kappa shape index (κ3) is 4.59. The lowest BCUT2D eigenvalue weighted by Gasteiger charge is -2.25. The summed E-state index contributed by atoms with van der Waals surface area (Å²) in [6, 6.07) is 7.40.